The van der Waals surface area contributed by atoms with E-state index < -0.39 is 0 Å². The van der Waals surface area contributed by atoms with Crippen molar-refractivity contribution in [2.75, 3.05) is 0 Å². The Hall–Kier alpha value is -0.830. The Balaban J connectivity index is 2.17. The van der Waals surface area contributed by atoms with Crippen LogP contribution < -0.4 is 5.73 Å². The van der Waals surface area contributed by atoms with Crippen LogP contribution in [-0.2, 0) is 6.42 Å². The second-order valence-electron chi connectivity index (χ2n) is 6.55. The van der Waals surface area contributed by atoms with Crippen molar-refractivity contribution < 1.29 is 0 Å². The summed E-state index contributed by atoms with van der Waals surface area (Å²) in [6, 6.07) is 0.764. The quantitative estimate of drug-likeness (QED) is 0.856. The van der Waals surface area contributed by atoms with Crippen LogP contribution in [0, 0.1) is 5.41 Å². The van der Waals surface area contributed by atoms with Crippen LogP contribution in [0.3, 0.4) is 0 Å². The summed E-state index contributed by atoms with van der Waals surface area (Å²) in [6.45, 7) is 6.81. The van der Waals surface area contributed by atoms with Gasteiger partial charge < -0.3 is 10.3 Å². The zero-order chi connectivity index (χ0) is 12.5. The van der Waals surface area contributed by atoms with Gasteiger partial charge in [0.05, 0.1) is 6.33 Å². The number of aromatic nitrogens is 2. The molecule has 0 aliphatic heterocycles. The van der Waals surface area contributed by atoms with Gasteiger partial charge in [-0.3, -0.25) is 0 Å². The Morgan fingerprint density at radius 3 is 2.71 bits per heavy atom. The Morgan fingerprint density at radius 2 is 2.06 bits per heavy atom. The van der Waals surface area contributed by atoms with E-state index in [-0.39, 0.29) is 0 Å². The molecular weight excluding hydrogens is 210 g/mol. The van der Waals surface area contributed by atoms with Gasteiger partial charge in [-0.2, -0.15) is 0 Å². The summed E-state index contributed by atoms with van der Waals surface area (Å²) in [7, 11) is 0. The highest BCUT2D eigenvalue weighted by molar-refractivity contribution is 5.05. The zero-order valence-corrected chi connectivity index (χ0v) is 11.3. The van der Waals surface area contributed by atoms with Crippen molar-refractivity contribution in [1.82, 2.24) is 9.55 Å². The molecule has 2 rings (SSSR count). The van der Waals surface area contributed by atoms with Crippen LogP contribution in [0.4, 0.5) is 0 Å². The third-order valence-corrected chi connectivity index (χ3v) is 3.60. The first kappa shape index (κ1) is 12.6. The van der Waals surface area contributed by atoms with E-state index in [2.05, 4.69) is 30.3 Å². The first-order chi connectivity index (χ1) is 7.97. The number of imidazole rings is 1. The van der Waals surface area contributed by atoms with E-state index in [9.17, 15) is 0 Å². The Bertz CT molecular complexity index is 362. The molecule has 1 aliphatic rings. The lowest BCUT2D eigenvalue weighted by Gasteiger charge is -2.32. The minimum absolute atomic E-state index is 0.302. The summed E-state index contributed by atoms with van der Waals surface area (Å²) in [5.74, 6) is 0. The minimum atomic E-state index is 0.302. The van der Waals surface area contributed by atoms with E-state index in [1.807, 2.05) is 12.5 Å². The van der Waals surface area contributed by atoms with Gasteiger partial charge in [0.25, 0.3) is 0 Å². The Labute approximate surface area is 104 Å². The fourth-order valence-electron chi connectivity index (χ4n) is 2.80. The maximum Gasteiger partial charge on any atom is 0.0951 e. The van der Waals surface area contributed by atoms with E-state index in [1.165, 1.54) is 25.0 Å². The standard InChI is InChI=1S/C14H25N3/c1-14(2,3)8-11-9-16-10-17(11)13-7-5-4-6-12(13)15/h9-10,12-13H,4-8,15H2,1-3H3/t12-,13-/m1/s1. The maximum atomic E-state index is 6.25. The fourth-order valence-corrected chi connectivity index (χ4v) is 2.80. The van der Waals surface area contributed by atoms with E-state index >= 15 is 0 Å². The summed E-state index contributed by atoms with van der Waals surface area (Å²) in [4.78, 5) is 4.32. The highest BCUT2D eigenvalue weighted by atomic mass is 15.1. The number of nitrogens with zero attached hydrogens (tertiary/aromatic N) is 2. The Morgan fingerprint density at radius 1 is 1.35 bits per heavy atom. The number of nitrogens with two attached hydrogens (primary N) is 1. The lowest BCUT2D eigenvalue weighted by Crippen LogP contribution is -2.35. The van der Waals surface area contributed by atoms with Gasteiger partial charge in [-0.25, -0.2) is 4.98 Å². The van der Waals surface area contributed by atoms with Crippen molar-refractivity contribution in [2.24, 2.45) is 11.1 Å². The van der Waals surface area contributed by atoms with E-state index in [0.29, 0.717) is 17.5 Å². The van der Waals surface area contributed by atoms with Crippen LogP contribution in [0.5, 0.6) is 0 Å². The van der Waals surface area contributed by atoms with E-state index in [4.69, 9.17) is 5.73 Å². The molecule has 0 saturated heterocycles. The van der Waals surface area contributed by atoms with Crippen molar-refractivity contribution in [2.45, 2.75) is 65.0 Å². The highest BCUT2D eigenvalue weighted by Gasteiger charge is 2.25. The molecule has 0 aromatic carbocycles. The maximum absolute atomic E-state index is 6.25. The van der Waals surface area contributed by atoms with Gasteiger partial charge in [0.2, 0.25) is 0 Å². The molecule has 0 amide bonds. The van der Waals surface area contributed by atoms with Gasteiger partial charge in [-0.1, -0.05) is 33.6 Å². The number of hydrogen-bond acceptors (Lipinski definition) is 2. The lowest BCUT2D eigenvalue weighted by atomic mass is 9.88. The molecule has 2 N–H and O–H groups in total. The first-order valence-electron chi connectivity index (χ1n) is 6.74. The summed E-state index contributed by atoms with van der Waals surface area (Å²) >= 11 is 0. The molecule has 1 aromatic heterocycles. The van der Waals surface area contributed by atoms with Crippen molar-refractivity contribution in [3.05, 3.63) is 18.2 Å². The molecule has 1 aromatic rings. The molecule has 96 valence electrons. The second kappa shape index (κ2) is 4.81. The van der Waals surface area contributed by atoms with Gasteiger partial charge in [0.15, 0.2) is 0 Å². The van der Waals surface area contributed by atoms with Crippen LogP contribution in [0.1, 0.15) is 58.2 Å². The van der Waals surface area contributed by atoms with Crippen LogP contribution in [0.25, 0.3) is 0 Å². The van der Waals surface area contributed by atoms with Crippen molar-refractivity contribution >= 4 is 0 Å². The third kappa shape index (κ3) is 3.09. The first-order valence-corrected chi connectivity index (χ1v) is 6.74. The van der Waals surface area contributed by atoms with Crippen molar-refractivity contribution in [3.63, 3.8) is 0 Å². The van der Waals surface area contributed by atoms with Gasteiger partial charge in [-0.15, -0.1) is 0 Å². The molecule has 17 heavy (non-hydrogen) atoms. The SMILES string of the molecule is CC(C)(C)Cc1cncn1[C@@H]1CCCC[C@H]1N. The largest absolute Gasteiger partial charge is 0.330 e. The monoisotopic (exact) mass is 235 g/mol. The van der Waals surface area contributed by atoms with Crippen LogP contribution in [0.15, 0.2) is 12.5 Å². The van der Waals surface area contributed by atoms with Crippen molar-refractivity contribution in [1.29, 1.82) is 0 Å². The molecule has 0 bridgehead atoms. The molecule has 1 heterocycles. The van der Waals surface area contributed by atoms with E-state index in [0.717, 1.165) is 12.8 Å². The normalized spacial score (nSPS) is 26.1. The predicted molar refractivity (Wildman–Crippen MR) is 70.9 cm³/mol. The third-order valence-electron chi connectivity index (χ3n) is 3.60. The predicted octanol–water partition coefficient (Wildman–Crippen LogP) is 2.91. The van der Waals surface area contributed by atoms with Gasteiger partial charge in [-0.05, 0) is 24.7 Å². The molecule has 3 nitrogen and oxygen atoms in total. The topological polar surface area (TPSA) is 43.8 Å². The summed E-state index contributed by atoms with van der Waals surface area (Å²) < 4.78 is 2.33. The van der Waals surface area contributed by atoms with Gasteiger partial charge in [0, 0.05) is 24.0 Å². The molecular formula is C14H25N3. The van der Waals surface area contributed by atoms with Crippen molar-refractivity contribution in [3.8, 4) is 0 Å². The van der Waals surface area contributed by atoms with Crippen LogP contribution >= 0.6 is 0 Å². The average molecular weight is 235 g/mol. The Kier molecular flexibility index (Phi) is 3.57. The van der Waals surface area contributed by atoms with Gasteiger partial charge >= 0.3 is 0 Å². The molecule has 0 unspecified atom stereocenters. The molecule has 3 heteroatoms. The number of hydrogen-bond donors (Lipinski definition) is 1. The molecule has 0 radical (unpaired) electrons. The summed E-state index contributed by atoms with van der Waals surface area (Å²) in [6.07, 6.45) is 9.97. The molecule has 1 fully saturated rings. The fraction of sp³-hybridized carbons (Fsp3) is 0.786. The average Bonchev–Trinajstić information content (AvgIpc) is 2.64. The molecule has 1 saturated carbocycles. The summed E-state index contributed by atoms with van der Waals surface area (Å²) in [5, 5.41) is 0. The molecule has 0 spiro atoms. The highest BCUT2D eigenvalue weighted by Crippen LogP contribution is 2.30. The molecule has 1 aliphatic carbocycles. The van der Waals surface area contributed by atoms with E-state index in [1.54, 1.807) is 0 Å². The summed E-state index contributed by atoms with van der Waals surface area (Å²) in [5.41, 5.74) is 7.89. The smallest absolute Gasteiger partial charge is 0.0951 e. The lowest BCUT2D eigenvalue weighted by molar-refractivity contribution is 0.292. The second-order valence-corrected chi connectivity index (χ2v) is 6.55. The zero-order valence-electron chi connectivity index (χ0n) is 11.3. The number of rotatable bonds is 2. The van der Waals surface area contributed by atoms with Crippen LogP contribution in [0.2, 0.25) is 0 Å². The van der Waals surface area contributed by atoms with Gasteiger partial charge in [0.1, 0.15) is 0 Å². The minimum Gasteiger partial charge on any atom is -0.330 e. The van der Waals surface area contributed by atoms with Crippen LogP contribution in [-0.4, -0.2) is 15.6 Å². The molecule has 2 atom stereocenters.